The van der Waals surface area contributed by atoms with Crippen molar-refractivity contribution in [2.75, 3.05) is 139 Å². The zero-order valence-corrected chi connectivity index (χ0v) is 82.7. The zero-order chi connectivity index (χ0) is 97.9. The molecule has 5 aliphatic rings. The lowest BCUT2D eigenvalue weighted by Gasteiger charge is -2.20. The molecule has 0 amide bonds. The van der Waals surface area contributed by atoms with E-state index in [1.807, 2.05) is 20.8 Å². The number of nitrogens with zero attached hydrogens (tertiary/aromatic N) is 17. The SMILES string of the molecule is C=P(C)(C)CC[C@H]1OC(n2c(C)nc3c(=O)[nH]c(N)nc32)[C@H](O)[C@@H]1O.C=P(C)(C)CC[C@H]1OC(n2c(CC)nc3c(=O)[nH]c(N)nc32)[C@H](O)[C@@H]1O.C=P(C)(C)CC[C@H]1OC(n2c(CCC)nc3c(=O)[nH]c(N)nc32)[C@H](O)[C@@H]1O.C=P(C)(C)CC[C@H]1OC(n2cnc3c(OCCC)nc(N)nc32)[C@H](O)[C@@H]1O.C=P(C)(C)CC[C@H]1OC(n2cnc3c(OCCCC)nc(N)nc32)[C@H](O)[C@@H]1O. The van der Waals surface area contributed by atoms with Gasteiger partial charge in [0.2, 0.25) is 41.5 Å². The molecule has 133 heavy (non-hydrogen) atoms. The molecule has 0 saturated carbocycles. The smallest absolute Gasteiger partial charge is 0.280 e. The second-order valence-electron chi connectivity index (χ2n) is 37.7. The van der Waals surface area contributed by atoms with Gasteiger partial charge in [0, 0.05) is 12.8 Å². The van der Waals surface area contributed by atoms with Crippen molar-refractivity contribution in [3.05, 3.63) is 61.2 Å². The average Bonchev–Trinajstić information content (AvgIpc) is 1.60. The van der Waals surface area contributed by atoms with Crippen LogP contribution in [0.2, 0.25) is 0 Å². The van der Waals surface area contributed by atoms with E-state index in [0.717, 1.165) is 56.5 Å². The monoisotopic (exact) mass is 1960 g/mol. The predicted molar refractivity (Wildman–Crippen MR) is 528 cm³/mol. The third-order valence-corrected chi connectivity index (χ3v) is 30.2. The summed E-state index contributed by atoms with van der Waals surface area (Å²) in [6, 6.07) is 0. The number of unbranched alkanes of at least 4 members (excludes halogenated alkanes) is 1. The number of aromatic nitrogens is 20. The van der Waals surface area contributed by atoms with Gasteiger partial charge in [0.15, 0.2) is 87.0 Å². The Morgan fingerprint density at radius 2 is 0.669 bits per heavy atom. The lowest BCUT2D eigenvalue weighted by molar-refractivity contribution is -0.0368. The van der Waals surface area contributed by atoms with E-state index in [4.69, 9.17) is 61.8 Å². The molecule has 0 radical (unpaired) electrons. The third-order valence-electron chi connectivity index (χ3n) is 22.9. The number of aliphatic hydroxyl groups is 10. The maximum Gasteiger partial charge on any atom is 0.280 e. The summed E-state index contributed by atoms with van der Waals surface area (Å²) in [6.07, 6.45) is 18.2. The van der Waals surface area contributed by atoms with Crippen molar-refractivity contribution in [1.82, 2.24) is 97.6 Å². The van der Waals surface area contributed by atoms with E-state index in [-0.39, 0.29) is 63.2 Å². The van der Waals surface area contributed by atoms with Crippen LogP contribution in [0.1, 0.15) is 134 Å². The van der Waals surface area contributed by atoms with Gasteiger partial charge in [0.05, 0.1) is 56.4 Å². The van der Waals surface area contributed by atoms with E-state index in [1.54, 1.807) is 25.2 Å². The summed E-state index contributed by atoms with van der Waals surface area (Å²) in [5, 5.41) is 105. The Morgan fingerprint density at radius 1 is 0.368 bits per heavy atom. The summed E-state index contributed by atoms with van der Waals surface area (Å²) in [6.45, 7) is 25.4. The van der Waals surface area contributed by atoms with E-state index >= 15 is 0 Å². The number of H-pyrrole nitrogens is 3. The topological polar surface area (TPSA) is 675 Å². The second kappa shape index (κ2) is 43.1. The lowest BCUT2D eigenvalue weighted by atomic mass is 10.1. The number of rotatable bonds is 30. The molecule has 0 aliphatic carbocycles. The molecule has 5 saturated heterocycles. The van der Waals surface area contributed by atoms with Gasteiger partial charge in [-0.05, 0) is 156 Å². The van der Waals surface area contributed by atoms with E-state index in [0.29, 0.717) is 110 Å². The highest BCUT2D eigenvalue weighted by atomic mass is 31.2. The highest BCUT2D eigenvalue weighted by Crippen LogP contribution is 2.47. The summed E-state index contributed by atoms with van der Waals surface area (Å²) < 4.78 is 49.0. The molecule has 0 spiro atoms. The van der Waals surface area contributed by atoms with Gasteiger partial charge in [-0.15, -0.1) is 65.9 Å². The second-order valence-corrected chi connectivity index (χ2v) is 59.3. The molecule has 45 nitrogen and oxygen atoms in total. The maximum atomic E-state index is 12.2. The first-order valence-electron chi connectivity index (χ1n) is 44.2. The summed E-state index contributed by atoms with van der Waals surface area (Å²) in [7, 11) is 0. The van der Waals surface area contributed by atoms with Crippen molar-refractivity contribution >= 4 is 151 Å². The molecule has 5 aliphatic heterocycles. The fraction of sp³-hybridized carbons (Fsp3) is 0.639. The maximum absolute atomic E-state index is 12.2. The van der Waals surface area contributed by atoms with Gasteiger partial charge in [0.25, 0.3) is 16.7 Å². The van der Waals surface area contributed by atoms with Gasteiger partial charge in [0.1, 0.15) is 78.5 Å². The third kappa shape index (κ3) is 25.2. The number of aromatic amines is 3. The standard InChI is InChI=1S/C18H30N5O4P.2C17H28N5O4P.C16H26N5O4P.C15H24N5O4P/c1-5-6-8-26-16-12-15(21-18(19)22-16)23(10-20-12)17-14(25)13(24)11(27-17)7-9-28(2,3)4;1-5-7-25-15-11-14(20-17(18)21-15)22(9-19-11)16-13(24)12(23)10(26-16)6-8-27(2,3)4;1-5-6-10-19-11-14(20-17(18)21-15(11)25)22(10)16-13(24)12(23)9(26-16)7-8-27(2,3)4;1-5-9-18-10-13(19-16(17)20-14(10)24)21(9)15-12(23)11(22)8(25-15)6-7-26(2,3)4;1-7-17-9-12(18-15(16)19-13(9)23)20(7)14-11(22)10(21)8(24-14)5-6-25(2,3)4/h10-11,13-14,17,24-25H,2,5-9H2,1,3-4H3,(H2,19,21,22);9-10,12-13,16,23-24H,2,5-8H2,1,3-4H3,(H2,18,20,21);9,12-13,16,23-24H,2,5-8H2,1,3-4H3,(H3,18,20,21,25);8,11-12,15,22-23H,2,5-7H2,1,3-4H3,(H3,17,19,20,24);8,10-11,14,21-22H,2,5-6H2,1,3-4H3,(H3,16,18,19,23)/t11-,13-,14-,17?;10-,12-,13-,16?;9-,12-,13-,16?;8-,11-,12-,15?;8-,10-,11-,14?/m11111/s1. The Bertz CT molecular complexity index is 6170. The van der Waals surface area contributed by atoms with E-state index in [1.165, 1.54) is 17.2 Å². The van der Waals surface area contributed by atoms with Crippen LogP contribution in [0, 0.1) is 6.92 Å². The van der Waals surface area contributed by atoms with Gasteiger partial charge in [-0.25, -0.2) is 24.9 Å². The molecule has 0 aromatic carbocycles. The van der Waals surface area contributed by atoms with Crippen LogP contribution in [0.5, 0.6) is 11.8 Å². The van der Waals surface area contributed by atoms with Crippen molar-refractivity contribution in [3.63, 3.8) is 0 Å². The Labute approximate surface area is 769 Å². The fourth-order valence-electron chi connectivity index (χ4n) is 15.9. The van der Waals surface area contributed by atoms with Gasteiger partial charge in [-0.2, -0.15) is 34.9 Å². The molecule has 50 heteroatoms. The highest BCUT2D eigenvalue weighted by molar-refractivity contribution is 7.73. The number of aryl methyl sites for hydroxylation is 3. The minimum atomic E-state index is -1.28. The van der Waals surface area contributed by atoms with Crippen LogP contribution in [-0.2, 0) is 36.5 Å². The largest absolute Gasteiger partial charge is 0.476 e. The molecule has 20 atom stereocenters. The van der Waals surface area contributed by atoms with Gasteiger partial charge in [-0.1, -0.05) is 34.1 Å². The van der Waals surface area contributed by atoms with E-state index < -0.39 is 174 Å². The van der Waals surface area contributed by atoms with Crippen molar-refractivity contribution in [2.45, 2.75) is 228 Å². The fourth-order valence-corrected chi connectivity index (χ4v) is 20.7. The van der Waals surface area contributed by atoms with Crippen molar-refractivity contribution < 1.29 is 84.2 Å². The first-order chi connectivity index (χ1) is 62.2. The van der Waals surface area contributed by atoms with E-state index in [9.17, 15) is 65.4 Å². The molecule has 0 bridgehead atoms. The number of hydrogen-bond acceptors (Lipinski definition) is 37. The minimum Gasteiger partial charge on any atom is -0.476 e. The van der Waals surface area contributed by atoms with Crippen LogP contribution in [0.25, 0.3) is 55.8 Å². The Balaban J connectivity index is 0.000000160. The van der Waals surface area contributed by atoms with Crippen molar-refractivity contribution in [1.29, 1.82) is 0 Å². The molecule has 10 aromatic rings. The van der Waals surface area contributed by atoms with Gasteiger partial charge in [-0.3, -0.25) is 52.2 Å². The Kier molecular flexibility index (Phi) is 34.1. The highest BCUT2D eigenvalue weighted by Gasteiger charge is 2.50. The summed E-state index contributed by atoms with van der Waals surface area (Å²) in [5.74, 6) is 2.12. The number of anilines is 5. The van der Waals surface area contributed by atoms with Crippen LogP contribution in [0.15, 0.2) is 27.0 Å². The molecular weight excluding hydrogens is 1820 g/mol. The lowest BCUT2D eigenvalue weighted by Crippen LogP contribution is -2.32. The van der Waals surface area contributed by atoms with Crippen LogP contribution >= 0.6 is 34.4 Å². The first-order valence-corrected chi connectivity index (χ1v) is 59.5. The number of fused-ring (bicyclic) bond motifs is 5. The first kappa shape index (κ1) is 105. The number of imidazole rings is 5. The number of hydrogen-bond donors (Lipinski definition) is 18. The number of nitrogens with two attached hydrogens (primary N) is 5. The van der Waals surface area contributed by atoms with Crippen molar-refractivity contribution in [2.24, 2.45) is 0 Å². The molecule has 15 rings (SSSR count). The number of ether oxygens (including phenoxy) is 7. The van der Waals surface area contributed by atoms with E-state index in [2.05, 4.69) is 180 Å². The molecule has 15 heterocycles. The quantitative estimate of drug-likeness (QED) is 0.0227. The number of nitrogen functional groups attached to an aromatic ring is 5. The zero-order valence-electron chi connectivity index (χ0n) is 78.2. The number of aliphatic hydroxyl groups excluding tert-OH is 10. The summed E-state index contributed by atoms with van der Waals surface area (Å²) in [5.41, 5.74) is 30.1. The molecule has 5 unspecified atom stereocenters. The van der Waals surface area contributed by atoms with Crippen molar-refractivity contribution in [3.8, 4) is 11.8 Å². The summed E-state index contributed by atoms with van der Waals surface area (Å²) in [4.78, 5) is 94.3. The van der Waals surface area contributed by atoms with Crippen LogP contribution in [0.3, 0.4) is 0 Å². The molecule has 5 fully saturated rings. The van der Waals surface area contributed by atoms with Crippen LogP contribution < -0.4 is 54.8 Å². The minimum absolute atomic E-state index is 0.0371. The Hall–Kier alpha value is -8.35. The predicted octanol–water partition coefficient (Wildman–Crippen LogP) is 2.31. The van der Waals surface area contributed by atoms with Gasteiger partial charge >= 0.3 is 0 Å². The summed E-state index contributed by atoms with van der Waals surface area (Å²) >= 11 is 0. The van der Waals surface area contributed by atoms with Crippen LogP contribution in [-0.4, -0.2) is 382 Å². The van der Waals surface area contributed by atoms with Gasteiger partial charge < -0.3 is 113 Å². The molecule has 23 N–H and O–H groups in total. The van der Waals surface area contributed by atoms with Crippen LogP contribution in [0.4, 0.5) is 29.7 Å². The Morgan fingerprint density at radius 3 is 0.992 bits per heavy atom. The normalized spacial score (nSPS) is 26.3. The molecule has 10 aromatic heterocycles. The molecular formula is C83H136N25O20P5. The average molecular weight is 1960 g/mol. The molecule has 738 valence electrons. The number of nitrogens with one attached hydrogen (secondary N) is 3.